The molecule has 1 amide bonds. The predicted molar refractivity (Wildman–Crippen MR) is 116 cm³/mol. The molecular weight excluding hydrogens is 393 g/mol. The number of hydrogen-bond acceptors (Lipinski definition) is 5. The number of carbonyl (C=O) groups is 1. The van der Waals surface area contributed by atoms with Crippen LogP contribution in [-0.4, -0.2) is 51.4 Å². The Balaban J connectivity index is 1.41. The average Bonchev–Trinajstić information content (AvgIpc) is 2.74. The summed E-state index contributed by atoms with van der Waals surface area (Å²) >= 11 is 0. The minimum atomic E-state index is -0.424. The van der Waals surface area contributed by atoms with Gasteiger partial charge in [-0.3, -0.25) is 9.78 Å². The lowest BCUT2D eigenvalue weighted by molar-refractivity contribution is 0.0589. The van der Waals surface area contributed by atoms with Crippen LogP contribution in [0.1, 0.15) is 28.2 Å². The molecule has 2 aromatic heterocycles. The van der Waals surface area contributed by atoms with Crippen LogP contribution in [0.25, 0.3) is 11.3 Å². The van der Waals surface area contributed by atoms with Crippen LogP contribution in [0.3, 0.4) is 0 Å². The number of benzene rings is 1. The second-order valence-electron chi connectivity index (χ2n) is 8.38. The normalized spacial score (nSPS) is 20.2. The zero-order valence-electron chi connectivity index (χ0n) is 17.6. The number of piperidine rings is 1. The largest absolute Gasteiger partial charge is 0.337 e. The maximum Gasteiger partial charge on any atom is 0.254 e. The Morgan fingerprint density at radius 2 is 1.87 bits per heavy atom. The molecule has 2 atom stereocenters. The summed E-state index contributed by atoms with van der Waals surface area (Å²) in [6, 6.07) is 12.0. The fraction of sp³-hybridized carbons (Fsp3) is 0.333. The highest BCUT2D eigenvalue weighted by Gasteiger charge is 2.45. The van der Waals surface area contributed by atoms with Crippen LogP contribution in [0.4, 0.5) is 10.3 Å². The van der Waals surface area contributed by atoms with Gasteiger partial charge in [-0.2, -0.15) is 0 Å². The Labute approximate surface area is 180 Å². The van der Waals surface area contributed by atoms with Crippen molar-refractivity contribution < 1.29 is 9.18 Å². The molecule has 7 heteroatoms. The summed E-state index contributed by atoms with van der Waals surface area (Å²) in [5, 5.41) is 0. The Hall–Kier alpha value is -3.35. The van der Waals surface area contributed by atoms with Gasteiger partial charge < -0.3 is 9.80 Å². The first-order valence-electron chi connectivity index (χ1n) is 10.6. The molecule has 0 unspecified atom stereocenters. The predicted octanol–water partition coefficient (Wildman–Crippen LogP) is 3.65. The Kier molecular flexibility index (Phi) is 4.88. The van der Waals surface area contributed by atoms with E-state index in [1.165, 1.54) is 12.1 Å². The van der Waals surface area contributed by atoms with Gasteiger partial charge in [0.1, 0.15) is 5.82 Å². The number of likely N-dealkylation sites (tertiary alicyclic amines) is 1. The van der Waals surface area contributed by atoms with Crippen molar-refractivity contribution >= 4 is 11.9 Å². The third kappa shape index (κ3) is 3.65. The maximum atomic E-state index is 14.1. The van der Waals surface area contributed by atoms with Crippen LogP contribution in [0.15, 0.2) is 48.7 Å². The van der Waals surface area contributed by atoms with Crippen molar-refractivity contribution in [2.24, 2.45) is 5.92 Å². The zero-order chi connectivity index (χ0) is 21.5. The van der Waals surface area contributed by atoms with E-state index in [4.69, 9.17) is 0 Å². The van der Waals surface area contributed by atoms with Gasteiger partial charge in [-0.15, -0.1) is 0 Å². The fourth-order valence-electron chi connectivity index (χ4n) is 4.66. The third-order valence-corrected chi connectivity index (χ3v) is 6.22. The molecule has 2 saturated heterocycles. The molecule has 2 aliphatic rings. The van der Waals surface area contributed by atoms with Crippen molar-refractivity contribution in [3.05, 3.63) is 71.4 Å². The van der Waals surface area contributed by atoms with Crippen LogP contribution in [0.5, 0.6) is 0 Å². The smallest absolute Gasteiger partial charge is 0.254 e. The standard InChI is InChI=1S/C24H24FN5O/c1-15-11-16(2)28-24(27-15)30-13-17-8-10-29(14-22(17)30)23(31)20-12-18(25)6-7-19(20)21-5-3-4-9-26-21/h3-7,9,11-12,17,22H,8,10,13-14H2,1-2H3/t17-,22-/m0/s1. The highest BCUT2D eigenvalue weighted by Crippen LogP contribution is 2.36. The molecule has 2 aliphatic heterocycles. The van der Waals surface area contributed by atoms with Crippen LogP contribution >= 0.6 is 0 Å². The van der Waals surface area contributed by atoms with Gasteiger partial charge in [0.15, 0.2) is 0 Å². The molecule has 0 N–H and O–H groups in total. The Morgan fingerprint density at radius 1 is 1.06 bits per heavy atom. The summed E-state index contributed by atoms with van der Waals surface area (Å²) in [6.07, 6.45) is 2.60. The van der Waals surface area contributed by atoms with Crippen molar-refractivity contribution in [1.29, 1.82) is 0 Å². The third-order valence-electron chi connectivity index (χ3n) is 6.22. The molecule has 0 radical (unpaired) electrons. The van der Waals surface area contributed by atoms with Gasteiger partial charge in [-0.1, -0.05) is 6.07 Å². The Morgan fingerprint density at radius 3 is 2.61 bits per heavy atom. The van der Waals surface area contributed by atoms with E-state index in [1.54, 1.807) is 12.3 Å². The lowest BCUT2D eigenvalue weighted by atomic mass is 9.82. The van der Waals surface area contributed by atoms with Crippen molar-refractivity contribution in [2.45, 2.75) is 26.3 Å². The lowest BCUT2D eigenvalue weighted by Gasteiger charge is -2.53. The van der Waals surface area contributed by atoms with Gasteiger partial charge in [0, 0.05) is 48.7 Å². The summed E-state index contributed by atoms with van der Waals surface area (Å²) in [4.78, 5) is 31.0. The molecule has 0 saturated carbocycles. The van der Waals surface area contributed by atoms with E-state index in [0.717, 1.165) is 30.3 Å². The first-order chi connectivity index (χ1) is 15.0. The number of rotatable bonds is 3. The Bertz CT molecular complexity index is 1120. The molecule has 4 heterocycles. The van der Waals surface area contributed by atoms with Crippen LogP contribution < -0.4 is 4.90 Å². The minimum absolute atomic E-state index is 0.160. The van der Waals surface area contributed by atoms with Crippen molar-refractivity contribution in [1.82, 2.24) is 19.9 Å². The van der Waals surface area contributed by atoms with Crippen molar-refractivity contribution in [3.63, 3.8) is 0 Å². The quantitative estimate of drug-likeness (QED) is 0.651. The van der Waals surface area contributed by atoms with Gasteiger partial charge in [-0.05, 0) is 56.7 Å². The lowest BCUT2D eigenvalue weighted by Crippen LogP contribution is -2.65. The summed E-state index contributed by atoms with van der Waals surface area (Å²) < 4.78 is 14.1. The molecule has 0 bridgehead atoms. The molecule has 158 valence electrons. The second kappa shape index (κ2) is 7.72. The number of nitrogens with zero attached hydrogens (tertiary/aromatic N) is 5. The number of pyridine rings is 1. The van der Waals surface area contributed by atoms with E-state index < -0.39 is 5.82 Å². The van der Waals surface area contributed by atoms with Crippen molar-refractivity contribution in [2.75, 3.05) is 24.5 Å². The average molecular weight is 417 g/mol. The topological polar surface area (TPSA) is 62.2 Å². The van der Waals surface area contributed by atoms with E-state index in [2.05, 4.69) is 19.9 Å². The van der Waals surface area contributed by atoms with E-state index in [-0.39, 0.29) is 11.9 Å². The van der Waals surface area contributed by atoms with Gasteiger partial charge in [-0.25, -0.2) is 14.4 Å². The number of aryl methyl sites for hydroxylation is 2. The summed E-state index contributed by atoms with van der Waals surface area (Å²) in [5.74, 6) is 0.669. The molecule has 2 fully saturated rings. The van der Waals surface area contributed by atoms with Gasteiger partial charge >= 0.3 is 0 Å². The molecular formula is C24H24FN5O. The summed E-state index contributed by atoms with van der Waals surface area (Å²) in [6.45, 7) is 6.09. The second-order valence-corrected chi connectivity index (χ2v) is 8.38. The number of aromatic nitrogens is 3. The fourth-order valence-corrected chi connectivity index (χ4v) is 4.66. The molecule has 0 aliphatic carbocycles. The molecule has 31 heavy (non-hydrogen) atoms. The van der Waals surface area contributed by atoms with E-state index in [1.807, 2.05) is 43.0 Å². The highest BCUT2D eigenvalue weighted by atomic mass is 19.1. The van der Waals surface area contributed by atoms with Gasteiger partial charge in [0.05, 0.1) is 17.3 Å². The first-order valence-corrected chi connectivity index (χ1v) is 10.6. The van der Waals surface area contributed by atoms with Gasteiger partial charge in [0.2, 0.25) is 5.95 Å². The zero-order valence-corrected chi connectivity index (χ0v) is 17.6. The number of halogens is 1. The SMILES string of the molecule is Cc1cc(C)nc(N2C[C@@H]3CCN(C(=O)c4cc(F)ccc4-c4ccccn4)C[C@@H]32)n1. The number of anilines is 1. The van der Waals surface area contributed by atoms with Crippen LogP contribution in [-0.2, 0) is 0 Å². The maximum absolute atomic E-state index is 14.1. The molecule has 5 rings (SSSR count). The number of hydrogen-bond donors (Lipinski definition) is 0. The van der Waals surface area contributed by atoms with Gasteiger partial charge in [0.25, 0.3) is 5.91 Å². The van der Waals surface area contributed by atoms with E-state index >= 15 is 0 Å². The molecule has 0 spiro atoms. The summed E-state index contributed by atoms with van der Waals surface area (Å²) in [7, 11) is 0. The van der Waals surface area contributed by atoms with Crippen molar-refractivity contribution in [3.8, 4) is 11.3 Å². The van der Waals surface area contributed by atoms with E-state index in [0.29, 0.717) is 35.8 Å². The van der Waals surface area contributed by atoms with Crippen LogP contribution in [0.2, 0.25) is 0 Å². The number of carbonyl (C=O) groups excluding carboxylic acids is 1. The van der Waals surface area contributed by atoms with Crippen LogP contribution in [0, 0.1) is 25.6 Å². The number of amides is 1. The highest BCUT2D eigenvalue weighted by molar-refractivity contribution is 6.00. The molecule has 3 aromatic rings. The molecule has 1 aromatic carbocycles. The minimum Gasteiger partial charge on any atom is -0.337 e. The molecule has 6 nitrogen and oxygen atoms in total. The number of fused-ring (bicyclic) bond motifs is 1. The first kappa shape index (κ1) is 19.6. The summed E-state index contributed by atoms with van der Waals surface area (Å²) in [5.41, 5.74) is 3.54. The van der Waals surface area contributed by atoms with E-state index in [9.17, 15) is 9.18 Å². The monoisotopic (exact) mass is 417 g/mol.